The number of carbonyl (C=O) groups is 3. The average Bonchev–Trinajstić information content (AvgIpc) is 3.24. The van der Waals surface area contributed by atoms with Gasteiger partial charge in [0, 0.05) is 11.9 Å². The number of hydrogen-bond donors (Lipinski definition) is 3. The van der Waals surface area contributed by atoms with Gasteiger partial charge < -0.3 is 21.1 Å². The third-order valence-corrected chi connectivity index (χ3v) is 4.70. The molecule has 8 nitrogen and oxygen atoms in total. The molecular formula is C16H16N4O4S. The molecule has 1 fully saturated rings. The third kappa shape index (κ3) is 3.45. The minimum absolute atomic E-state index is 0.0777. The minimum atomic E-state index is -0.672. The molecule has 1 atom stereocenters. The minimum Gasteiger partial charge on any atom is -0.507 e. The van der Waals surface area contributed by atoms with E-state index in [1.54, 1.807) is 12.1 Å². The Morgan fingerprint density at radius 2 is 2.08 bits per heavy atom. The Hall–Kier alpha value is -2.94. The zero-order valence-corrected chi connectivity index (χ0v) is 14.0. The van der Waals surface area contributed by atoms with Crippen molar-refractivity contribution in [2.75, 3.05) is 11.9 Å². The van der Waals surface area contributed by atoms with Crippen LogP contribution in [0.1, 0.15) is 33.7 Å². The van der Waals surface area contributed by atoms with E-state index in [2.05, 4.69) is 10.3 Å². The highest BCUT2D eigenvalue weighted by Crippen LogP contribution is 2.25. The lowest BCUT2D eigenvalue weighted by Crippen LogP contribution is -2.43. The first-order chi connectivity index (χ1) is 12.0. The van der Waals surface area contributed by atoms with Crippen LogP contribution in [0.4, 0.5) is 5.13 Å². The molecule has 1 saturated heterocycles. The average molecular weight is 360 g/mol. The van der Waals surface area contributed by atoms with Crippen LogP contribution < -0.4 is 11.1 Å². The summed E-state index contributed by atoms with van der Waals surface area (Å²) in [5.41, 5.74) is 5.37. The van der Waals surface area contributed by atoms with E-state index in [9.17, 15) is 19.5 Å². The zero-order chi connectivity index (χ0) is 18.0. The van der Waals surface area contributed by atoms with E-state index in [0.29, 0.717) is 19.4 Å². The first-order valence-corrected chi connectivity index (χ1v) is 8.50. The SMILES string of the molecule is NC(=O)c1csc(NC(=O)C2CCCN2C(=O)c2ccccc2O)n1. The molecule has 1 unspecified atom stereocenters. The molecule has 0 aliphatic carbocycles. The highest BCUT2D eigenvalue weighted by atomic mass is 32.1. The number of carbonyl (C=O) groups excluding carboxylic acids is 3. The number of phenols is 1. The van der Waals surface area contributed by atoms with Crippen molar-refractivity contribution >= 4 is 34.2 Å². The second kappa shape index (κ2) is 6.89. The summed E-state index contributed by atoms with van der Waals surface area (Å²) in [4.78, 5) is 41.6. The van der Waals surface area contributed by atoms with Crippen molar-refractivity contribution in [3.05, 3.63) is 40.9 Å². The molecule has 2 heterocycles. The monoisotopic (exact) mass is 360 g/mol. The summed E-state index contributed by atoms with van der Waals surface area (Å²) in [6, 6.07) is 5.57. The van der Waals surface area contributed by atoms with Crippen LogP contribution in [0.2, 0.25) is 0 Å². The number of phenolic OH excluding ortho intramolecular Hbond substituents is 1. The number of benzene rings is 1. The van der Waals surface area contributed by atoms with E-state index in [0.717, 1.165) is 11.3 Å². The van der Waals surface area contributed by atoms with Gasteiger partial charge in [-0.3, -0.25) is 14.4 Å². The number of hydrogen-bond acceptors (Lipinski definition) is 6. The lowest BCUT2D eigenvalue weighted by Gasteiger charge is -2.23. The van der Waals surface area contributed by atoms with Gasteiger partial charge in [0.05, 0.1) is 5.56 Å². The van der Waals surface area contributed by atoms with Crippen molar-refractivity contribution in [3.8, 4) is 5.75 Å². The Morgan fingerprint density at radius 1 is 1.32 bits per heavy atom. The van der Waals surface area contributed by atoms with E-state index in [1.165, 1.54) is 22.4 Å². The number of para-hydroxylation sites is 1. The molecule has 3 rings (SSSR count). The summed E-state index contributed by atoms with van der Waals surface area (Å²) in [6.45, 7) is 0.426. The highest BCUT2D eigenvalue weighted by molar-refractivity contribution is 7.14. The fourth-order valence-electron chi connectivity index (χ4n) is 2.72. The van der Waals surface area contributed by atoms with Gasteiger partial charge in [-0.15, -0.1) is 11.3 Å². The molecule has 2 aromatic rings. The number of nitrogens with zero attached hydrogens (tertiary/aromatic N) is 2. The lowest BCUT2D eigenvalue weighted by molar-refractivity contribution is -0.119. The number of likely N-dealkylation sites (tertiary alicyclic amines) is 1. The molecule has 1 aliphatic heterocycles. The first-order valence-electron chi connectivity index (χ1n) is 7.62. The number of primary amides is 1. The van der Waals surface area contributed by atoms with Crippen molar-refractivity contribution in [1.29, 1.82) is 0 Å². The number of amides is 3. The Morgan fingerprint density at radius 3 is 2.76 bits per heavy atom. The van der Waals surface area contributed by atoms with E-state index in [4.69, 9.17) is 5.73 Å². The molecule has 1 aromatic carbocycles. The van der Waals surface area contributed by atoms with Crippen LogP contribution >= 0.6 is 11.3 Å². The van der Waals surface area contributed by atoms with E-state index >= 15 is 0 Å². The van der Waals surface area contributed by atoms with Crippen LogP contribution in [0, 0.1) is 0 Å². The smallest absolute Gasteiger partial charge is 0.268 e. The van der Waals surface area contributed by atoms with Crippen LogP contribution in [0.25, 0.3) is 0 Å². The molecule has 4 N–H and O–H groups in total. The van der Waals surface area contributed by atoms with Gasteiger partial charge in [0.25, 0.3) is 11.8 Å². The highest BCUT2D eigenvalue weighted by Gasteiger charge is 2.35. The Labute approximate surface area is 147 Å². The van der Waals surface area contributed by atoms with Gasteiger partial charge in [0.15, 0.2) is 5.13 Å². The predicted octanol–water partition coefficient (Wildman–Crippen LogP) is 1.19. The maximum atomic E-state index is 12.6. The van der Waals surface area contributed by atoms with E-state index < -0.39 is 17.9 Å². The lowest BCUT2D eigenvalue weighted by atomic mass is 10.1. The predicted molar refractivity (Wildman–Crippen MR) is 91.4 cm³/mol. The molecule has 0 radical (unpaired) electrons. The van der Waals surface area contributed by atoms with Crippen LogP contribution in [0.15, 0.2) is 29.6 Å². The summed E-state index contributed by atoms with van der Waals surface area (Å²) >= 11 is 1.09. The van der Waals surface area contributed by atoms with Gasteiger partial charge >= 0.3 is 0 Å². The quantitative estimate of drug-likeness (QED) is 0.755. The Bertz CT molecular complexity index is 835. The van der Waals surface area contributed by atoms with Crippen LogP contribution in [-0.2, 0) is 4.79 Å². The van der Waals surface area contributed by atoms with E-state index in [-0.39, 0.29) is 28.0 Å². The number of aromatic hydroxyl groups is 1. The van der Waals surface area contributed by atoms with Crippen LogP contribution in [0.3, 0.4) is 0 Å². The number of rotatable bonds is 4. The van der Waals surface area contributed by atoms with Gasteiger partial charge in [-0.25, -0.2) is 4.98 Å². The fraction of sp³-hybridized carbons (Fsp3) is 0.250. The number of nitrogens with one attached hydrogen (secondary N) is 1. The second-order valence-corrected chi connectivity index (χ2v) is 6.42. The van der Waals surface area contributed by atoms with Gasteiger partial charge in [0.2, 0.25) is 5.91 Å². The molecule has 0 bridgehead atoms. The maximum absolute atomic E-state index is 12.6. The first kappa shape index (κ1) is 16.9. The van der Waals surface area contributed by atoms with Crippen molar-refractivity contribution < 1.29 is 19.5 Å². The normalized spacial score (nSPS) is 16.6. The Kier molecular flexibility index (Phi) is 4.66. The summed E-state index contributed by atoms with van der Waals surface area (Å²) < 4.78 is 0. The standard InChI is InChI=1S/C16H16N4O4S/c17-13(22)10-8-25-16(18-10)19-14(23)11-5-3-7-20(11)15(24)9-4-1-2-6-12(9)21/h1-2,4,6,8,11,21H,3,5,7H2,(H2,17,22)(H,18,19,23). The van der Waals surface area contributed by atoms with Crippen LogP contribution in [-0.4, -0.2) is 45.3 Å². The molecule has 3 amide bonds. The summed E-state index contributed by atoms with van der Waals surface area (Å²) in [7, 11) is 0. The molecule has 130 valence electrons. The molecule has 0 saturated carbocycles. The van der Waals surface area contributed by atoms with Crippen LogP contribution in [0.5, 0.6) is 5.75 Å². The summed E-state index contributed by atoms with van der Waals surface area (Å²) in [6.07, 6.45) is 1.20. The van der Waals surface area contributed by atoms with Gasteiger partial charge in [-0.2, -0.15) is 0 Å². The molecule has 9 heteroatoms. The second-order valence-electron chi connectivity index (χ2n) is 5.57. The van der Waals surface area contributed by atoms with Gasteiger partial charge in [-0.1, -0.05) is 12.1 Å². The molecular weight excluding hydrogens is 344 g/mol. The molecule has 25 heavy (non-hydrogen) atoms. The van der Waals surface area contributed by atoms with Crippen molar-refractivity contribution in [2.24, 2.45) is 5.73 Å². The topological polar surface area (TPSA) is 126 Å². The summed E-state index contributed by atoms with van der Waals surface area (Å²) in [5, 5.41) is 14.2. The third-order valence-electron chi connectivity index (χ3n) is 3.94. The largest absolute Gasteiger partial charge is 0.507 e. The van der Waals surface area contributed by atoms with E-state index in [1.807, 2.05) is 0 Å². The molecule has 1 aliphatic rings. The van der Waals surface area contributed by atoms with Gasteiger partial charge in [0.1, 0.15) is 17.5 Å². The fourth-order valence-corrected chi connectivity index (χ4v) is 3.43. The number of thiazole rings is 1. The zero-order valence-electron chi connectivity index (χ0n) is 13.1. The molecule has 1 aromatic heterocycles. The summed E-state index contributed by atoms with van der Waals surface area (Å²) in [5.74, 6) is -1.57. The van der Waals surface area contributed by atoms with Crippen molar-refractivity contribution in [3.63, 3.8) is 0 Å². The number of anilines is 1. The number of nitrogens with two attached hydrogens (primary N) is 1. The number of aromatic nitrogens is 1. The van der Waals surface area contributed by atoms with Crippen molar-refractivity contribution in [2.45, 2.75) is 18.9 Å². The Balaban J connectivity index is 1.74. The van der Waals surface area contributed by atoms with Crippen molar-refractivity contribution in [1.82, 2.24) is 9.88 Å². The maximum Gasteiger partial charge on any atom is 0.268 e. The molecule has 0 spiro atoms. The van der Waals surface area contributed by atoms with Gasteiger partial charge in [-0.05, 0) is 25.0 Å².